The molecule has 0 saturated heterocycles. The standard InChI is InChI=1S/C33H30Cl2FN3OS/c1-18-9-19(2)26(10-20(18)17-41-25-7-5-23(36)6-8-25)30-27(16-37)32(38)39(24-12-21(34)11-22(35)13-24)28-14-33(3,4)15-29(40)31(28)30/h5-13,30H,14-15,17,38H2,1-4H3. The number of aryl methyl sites for hydroxylation is 2. The Bertz CT molecular complexity index is 1650. The van der Waals surface area contributed by atoms with E-state index in [1.54, 1.807) is 47.0 Å². The van der Waals surface area contributed by atoms with Gasteiger partial charge in [0.15, 0.2) is 5.78 Å². The second kappa shape index (κ2) is 11.2. The van der Waals surface area contributed by atoms with Gasteiger partial charge < -0.3 is 5.73 Å². The Labute approximate surface area is 254 Å². The van der Waals surface area contributed by atoms with E-state index < -0.39 is 5.92 Å². The zero-order chi connectivity index (χ0) is 29.6. The van der Waals surface area contributed by atoms with Crippen LogP contribution in [0.3, 0.4) is 0 Å². The van der Waals surface area contributed by atoms with Crippen LogP contribution in [0.4, 0.5) is 10.1 Å². The number of nitrogens with zero attached hydrogens (tertiary/aromatic N) is 2. The number of hydrogen-bond donors (Lipinski definition) is 1. The second-order valence-electron chi connectivity index (χ2n) is 11.5. The highest BCUT2D eigenvalue weighted by Gasteiger charge is 2.45. The summed E-state index contributed by atoms with van der Waals surface area (Å²) in [5.41, 5.74) is 12.9. The van der Waals surface area contributed by atoms with Gasteiger partial charge in [-0.15, -0.1) is 11.8 Å². The van der Waals surface area contributed by atoms with E-state index in [0.717, 1.165) is 32.8 Å². The van der Waals surface area contributed by atoms with Gasteiger partial charge in [0.05, 0.1) is 23.2 Å². The Balaban J connectivity index is 1.67. The third-order valence-corrected chi connectivity index (χ3v) is 9.23. The van der Waals surface area contributed by atoms with Crippen LogP contribution in [0, 0.1) is 36.4 Å². The number of thioether (sulfide) groups is 1. The average Bonchev–Trinajstić information content (AvgIpc) is 2.87. The van der Waals surface area contributed by atoms with Crippen LogP contribution >= 0.6 is 35.0 Å². The summed E-state index contributed by atoms with van der Waals surface area (Å²) in [5, 5.41) is 11.4. The first kappa shape index (κ1) is 29.3. The molecule has 0 radical (unpaired) electrons. The molecule has 0 amide bonds. The summed E-state index contributed by atoms with van der Waals surface area (Å²) in [6.07, 6.45) is 0.954. The highest BCUT2D eigenvalue weighted by Crippen LogP contribution is 2.51. The van der Waals surface area contributed by atoms with E-state index in [0.29, 0.717) is 45.5 Å². The second-order valence-corrected chi connectivity index (χ2v) is 13.4. The third-order valence-electron chi connectivity index (χ3n) is 7.73. The number of rotatable bonds is 5. The molecule has 1 aliphatic carbocycles. The highest BCUT2D eigenvalue weighted by molar-refractivity contribution is 7.98. The van der Waals surface area contributed by atoms with Gasteiger partial charge in [-0.05, 0) is 90.4 Å². The van der Waals surface area contributed by atoms with E-state index in [-0.39, 0.29) is 22.8 Å². The van der Waals surface area contributed by atoms with Crippen molar-refractivity contribution in [2.75, 3.05) is 4.90 Å². The molecule has 1 aliphatic heterocycles. The van der Waals surface area contributed by atoms with Crippen LogP contribution in [0.2, 0.25) is 10.0 Å². The molecular weight excluding hydrogens is 576 g/mol. The van der Waals surface area contributed by atoms with Crippen LogP contribution in [0.15, 0.2) is 82.2 Å². The van der Waals surface area contributed by atoms with E-state index in [4.69, 9.17) is 28.9 Å². The number of anilines is 1. The monoisotopic (exact) mass is 605 g/mol. The minimum Gasteiger partial charge on any atom is -0.384 e. The van der Waals surface area contributed by atoms with Crippen molar-refractivity contribution < 1.29 is 9.18 Å². The van der Waals surface area contributed by atoms with Gasteiger partial charge in [-0.2, -0.15) is 5.26 Å². The highest BCUT2D eigenvalue weighted by atomic mass is 35.5. The Hall–Kier alpha value is -3.24. The predicted octanol–water partition coefficient (Wildman–Crippen LogP) is 8.98. The topological polar surface area (TPSA) is 70.1 Å². The van der Waals surface area contributed by atoms with Crippen molar-refractivity contribution in [1.29, 1.82) is 5.26 Å². The van der Waals surface area contributed by atoms with Crippen molar-refractivity contribution >= 4 is 46.4 Å². The zero-order valence-electron chi connectivity index (χ0n) is 23.3. The molecule has 2 aliphatic rings. The summed E-state index contributed by atoms with van der Waals surface area (Å²) >= 11 is 14.3. The fraction of sp³-hybridized carbons (Fsp3) is 0.273. The molecule has 0 saturated carbocycles. The molecule has 0 aromatic heterocycles. The maximum Gasteiger partial charge on any atom is 0.162 e. The van der Waals surface area contributed by atoms with E-state index in [2.05, 4.69) is 39.0 Å². The molecule has 8 heteroatoms. The lowest BCUT2D eigenvalue weighted by molar-refractivity contribution is -0.118. The van der Waals surface area contributed by atoms with Crippen molar-refractivity contribution in [3.8, 4) is 6.07 Å². The number of halogens is 3. The summed E-state index contributed by atoms with van der Waals surface area (Å²) < 4.78 is 13.4. The van der Waals surface area contributed by atoms with Gasteiger partial charge in [0.1, 0.15) is 11.6 Å². The van der Waals surface area contributed by atoms with Gasteiger partial charge in [-0.1, -0.05) is 49.2 Å². The quantitative estimate of drug-likeness (QED) is 0.294. The van der Waals surface area contributed by atoms with Crippen molar-refractivity contribution in [2.45, 2.75) is 57.1 Å². The Morgan fingerprint density at radius 1 is 1.05 bits per heavy atom. The Kier molecular flexibility index (Phi) is 8.00. The van der Waals surface area contributed by atoms with Crippen LogP contribution in [0.1, 0.15) is 54.9 Å². The van der Waals surface area contributed by atoms with Crippen LogP contribution in [0.25, 0.3) is 0 Å². The van der Waals surface area contributed by atoms with E-state index in [9.17, 15) is 14.4 Å². The SMILES string of the molecule is Cc1cc(C)c(C2C(C#N)=C(N)N(c3cc(Cl)cc(Cl)c3)C3=C2C(=O)CC(C)(C)C3)cc1CSc1ccc(F)cc1. The largest absolute Gasteiger partial charge is 0.384 e. The lowest BCUT2D eigenvalue weighted by Crippen LogP contribution is -2.42. The molecule has 1 atom stereocenters. The molecule has 5 rings (SSSR count). The molecule has 4 nitrogen and oxygen atoms in total. The number of nitrogens with two attached hydrogens (primary N) is 1. The van der Waals surface area contributed by atoms with Crippen molar-refractivity contribution in [1.82, 2.24) is 0 Å². The minimum atomic E-state index is -0.598. The number of ketones is 1. The van der Waals surface area contributed by atoms with E-state index >= 15 is 0 Å². The van der Waals surface area contributed by atoms with E-state index in [1.807, 2.05) is 6.92 Å². The summed E-state index contributed by atoms with van der Waals surface area (Å²) in [7, 11) is 0. The lowest BCUT2D eigenvalue weighted by atomic mass is 9.68. The van der Waals surface area contributed by atoms with Gasteiger partial charge >= 0.3 is 0 Å². The molecule has 210 valence electrons. The van der Waals surface area contributed by atoms with Crippen LogP contribution in [0.5, 0.6) is 0 Å². The first-order valence-electron chi connectivity index (χ1n) is 13.3. The molecule has 2 N–H and O–H groups in total. The maximum atomic E-state index is 14.0. The lowest BCUT2D eigenvalue weighted by Gasteiger charge is -2.44. The first-order valence-corrected chi connectivity index (χ1v) is 15.0. The van der Waals surface area contributed by atoms with Gasteiger partial charge in [0.25, 0.3) is 0 Å². The van der Waals surface area contributed by atoms with Gasteiger partial charge in [-0.25, -0.2) is 4.39 Å². The minimum absolute atomic E-state index is 0.00170. The Morgan fingerprint density at radius 3 is 2.34 bits per heavy atom. The number of benzene rings is 3. The van der Waals surface area contributed by atoms with Gasteiger partial charge in [0, 0.05) is 38.4 Å². The van der Waals surface area contributed by atoms with E-state index in [1.165, 1.54) is 12.1 Å². The van der Waals surface area contributed by atoms with Crippen molar-refractivity contribution in [3.05, 3.63) is 115 Å². The molecule has 41 heavy (non-hydrogen) atoms. The molecule has 1 unspecified atom stereocenters. The number of Topliss-reactive ketones (excluding diaryl/α,β-unsaturated/α-hetero) is 1. The summed E-state index contributed by atoms with van der Waals surface area (Å²) in [6, 6.07) is 18.1. The van der Waals surface area contributed by atoms with Gasteiger partial charge in [-0.3, -0.25) is 9.69 Å². The van der Waals surface area contributed by atoms with Crippen LogP contribution in [-0.2, 0) is 10.5 Å². The molecular formula is C33H30Cl2FN3OS. The molecule has 0 fully saturated rings. The molecule has 3 aromatic carbocycles. The number of nitriles is 1. The third kappa shape index (κ3) is 5.77. The zero-order valence-corrected chi connectivity index (χ0v) is 25.6. The van der Waals surface area contributed by atoms with Crippen LogP contribution in [-0.4, -0.2) is 5.78 Å². The predicted molar refractivity (Wildman–Crippen MR) is 165 cm³/mol. The fourth-order valence-electron chi connectivity index (χ4n) is 5.86. The fourth-order valence-corrected chi connectivity index (χ4v) is 7.33. The maximum absolute atomic E-state index is 14.0. The van der Waals surface area contributed by atoms with Gasteiger partial charge in [0.2, 0.25) is 0 Å². The summed E-state index contributed by atoms with van der Waals surface area (Å²) in [4.78, 5) is 16.7. The first-order chi connectivity index (χ1) is 19.4. The van der Waals surface area contributed by atoms with Crippen molar-refractivity contribution in [2.24, 2.45) is 11.1 Å². The molecule has 1 heterocycles. The number of allylic oxidation sites excluding steroid dienone is 3. The number of carbonyl (C=O) groups is 1. The summed E-state index contributed by atoms with van der Waals surface area (Å²) in [6.45, 7) is 8.19. The smallest absolute Gasteiger partial charge is 0.162 e. The summed E-state index contributed by atoms with van der Waals surface area (Å²) in [5.74, 6) is 0.0506. The molecule has 0 spiro atoms. The number of hydrogen-bond acceptors (Lipinski definition) is 5. The van der Waals surface area contributed by atoms with Crippen LogP contribution < -0.4 is 10.6 Å². The molecule has 0 bridgehead atoms. The average molecular weight is 607 g/mol. The number of carbonyl (C=O) groups excluding carboxylic acids is 1. The normalized spacial score (nSPS) is 18.4. The van der Waals surface area contributed by atoms with Crippen molar-refractivity contribution in [3.63, 3.8) is 0 Å². The molecule has 3 aromatic rings. The Morgan fingerprint density at radius 2 is 1.71 bits per heavy atom.